The molecule has 0 aromatic heterocycles. The van der Waals surface area contributed by atoms with Crippen molar-refractivity contribution in [3.05, 3.63) is 0 Å². The van der Waals surface area contributed by atoms with Gasteiger partial charge in [0.2, 0.25) is 0 Å². The third-order valence-corrected chi connectivity index (χ3v) is 7.64. The molecule has 0 heterocycles. The summed E-state index contributed by atoms with van der Waals surface area (Å²) in [6.07, 6.45) is 6.97. The van der Waals surface area contributed by atoms with Gasteiger partial charge in [0.25, 0.3) is 0 Å². The fourth-order valence-corrected chi connectivity index (χ4v) is 5.22. The third-order valence-electron chi connectivity index (χ3n) is 4.85. The number of rotatable bonds is 16. The zero-order chi connectivity index (χ0) is 21.8. The second-order valence-electron chi connectivity index (χ2n) is 7.09. The summed E-state index contributed by atoms with van der Waals surface area (Å²) in [5.74, 6) is -0.788. The van der Waals surface area contributed by atoms with E-state index in [4.69, 9.17) is 9.47 Å². The Morgan fingerprint density at radius 3 is 1.68 bits per heavy atom. The maximum absolute atomic E-state index is 12.7. The lowest BCUT2D eigenvalue weighted by Crippen LogP contribution is -2.38. The molecular weight excluding hydrogens is 416 g/mol. The van der Waals surface area contributed by atoms with E-state index < -0.39 is 42.0 Å². The normalized spacial score (nSPS) is 16.0. The largest absolute Gasteiger partial charge is 0.523 e. The Kier molecular flexibility index (Phi) is 13.4. The van der Waals surface area contributed by atoms with E-state index in [1.165, 1.54) is 7.11 Å². The van der Waals surface area contributed by atoms with Gasteiger partial charge in [0.1, 0.15) is 5.85 Å². The molecule has 3 atom stereocenters. The molecule has 0 amide bonds. The first-order chi connectivity index (χ1) is 13.0. The second-order valence-corrected chi connectivity index (χ2v) is 9.89. The average Bonchev–Trinajstić information content (AvgIpc) is 2.63. The summed E-state index contributed by atoms with van der Waals surface area (Å²) >= 11 is 0. The van der Waals surface area contributed by atoms with Gasteiger partial charge in [0.05, 0.1) is 8.81 Å². The maximum atomic E-state index is 12.7. The fraction of sp³-hybridized carbons (Fsp3) is 1.00. The third kappa shape index (κ3) is 9.24. The molecule has 0 saturated heterocycles. The quantitative estimate of drug-likeness (QED) is 0.155. The topological polar surface area (TPSA) is 61.8 Å². The Morgan fingerprint density at radius 1 is 0.929 bits per heavy atom. The van der Waals surface area contributed by atoms with Crippen LogP contribution in [0.25, 0.3) is 0 Å². The highest BCUT2D eigenvalue weighted by Crippen LogP contribution is 2.50. The van der Waals surface area contributed by atoms with Crippen molar-refractivity contribution in [3.63, 3.8) is 0 Å². The molecule has 0 aliphatic carbocycles. The Hall–Kier alpha value is 0.0500. The molecule has 170 valence electrons. The van der Waals surface area contributed by atoms with E-state index in [0.29, 0.717) is 0 Å². The van der Waals surface area contributed by atoms with E-state index in [1.807, 2.05) is 20.8 Å². The highest BCUT2D eigenvalue weighted by molar-refractivity contribution is 7.90. The number of hydrogen-bond acceptors (Lipinski definition) is 5. The van der Waals surface area contributed by atoms with Gasteiger partial charge in [0.15, 0.2) is 6.29 Å². The van der Waals surface area contributed by atoms with Crippen molar-refractivity contribution < 1.29 is 35.0 Å². The van der Waals surface area contributed by atoms with Crippen molar-refractivity contribution in [1.82, 2.24) is 0 Å². The summed E-state index contributed by atoms with van der Waals surface area (Å²) in [6.45, 7) is 7.78. The number of alkyl halides is 3. The maximum Gasteiger partial charge on any atom is 0.523 e. The van der Waals surface area contributed by atoms with Crippen LogP contribution < -0.4 is 0 Å². The van der Waals surface area contributed by atoms with Gasteiger partial charge in [0, 0.05) is 12.5 Å². The van der Waals surface area contributed by atoms with Gasteiger partial charge >= 0.3 is 15.6 Å². The van der Waals surface area contributed by atoms with E-state index >= 15 is 0 Å². The molecule has 0 aliphatic heterocycles. The Morgan fingerprint density at radius 2 is 1.36 bits per heavy atom. The Bertz CT molecular complexity index is 492. The first-order valence-corrected chi connectivity index (χ1v) is 12.3. The molecule has 0 rings (SSSR count). The summed E-state index contributed by atoms with van der Waals surface area (Å²) in [4.78, 5) is 0. The molecule has 0 N–H and O–H groups in total. The molecule has 3 unspecified atom stereocenters. The van der Waals surface area contributed by atoms with Crippen LogP contribution in [0.5, 0.6) is 0 Å². The number of halogens is 3. The molecule has 0 fully saturated rings. The fourth-order valence-electron chi connectivity index (χ4n) is 3.05. The van der Waals surface area contributed by atoms with Gasteiger partial charge in [-0.1, -0.05) is 59.3 Å². The minimum atomic E-state index is -5.67. The molecule has 0 saturated carbocycles. The van der Waals surface area contributed by atoms with Crippen LogP contribution in [-0.4, -0.2) is 33.2 Å². The highest BCUT2D eigenvalue weighted by Gasteiger charge is 2.49. The standard InChI is InChI=1S/C18H36F3O5PS/c1-6-9-12-17(13-10-7-2,14-11-8-3)16(25-15(4)24-5)27-26-28(22,23)18(19,20)21/h15-16,27H,6-14H2,1-5H3. The van der Waals surface area contributed by atoms with Crippen molar-refractivity contribution in [2.45, 2.75) is 103 Å². The first kappa shape index (κ1) is 28.1. The molecule has 0 aromatic rings. The van der Waals surface area contributed by atoms with Crippen LogP contribution in [0.4, 0.5) is 13.2 Å². The smallest absolute Gasteiger partial charge is 0.356 e. The predicted molar refractivity (Wildman–Crippen MR) is 107 cm³/mol. The van der Waals surface area contributed by atoms with Crippen LogP contribution in [0.2, 0.25) is 0 Å². The number of methoxy groups -OCH3 is 1. The van der Waals surface area contributed by atoms with Crippen LogP contribution in [0, 0.1) is 5.41 Å². The molecule has 28 heavy (non-hydrogen) atoms. The van der Waals surface area contributed by atoms with Gasteiger partial charge in [-0.2, -0.15) is 21.6 Å². The zero-order valence-electron chi connectivity index (χ0n) is 17.6. The minimum Gasteiger partial charge on any atom is -0.356 e. The lowest BCUT2D eigenvalue weighted by molar-refractivity contribution is -0.154. The van der Waals surface area contributed by atoms with Gasteiger partial charge < -0.3 is 9.47 Å². The number of unbranched alkanes of at least 4 members (excludes halogenated alkanes) is 3. The number of ether oxygens (including phenoxy) is 2. The van der Waals surface area contributed by atoms with Crippen molar-refractivity contribution >= 4 is 18.9 Å². The van der Waals surface area contributed by atoms with Crippen LogP contribution in [0.3, 0.4) is 0 Å². The molecule has 10 heteroatoms. The van der Waals surface area contributed by atoms with Crippen molar-refractivity contribution in [2.24, 2.45) is 5.41 Å². The van der Waals surface area contributed by atoms with Crippen molar-refractivity contribution in [2.75, 3.05) is 7.11 Å². The Labute approximate surface area is 170 Å². The second kappa shape index (κ2) is 13.4. The molecular formula is C18H36F3O5PS. The summed E-state index contributed by atoms with van der Waals surface area (Å²) in [5.41, 5.74) is -5.90. The lowest BCUT2D eigenvalue weighted by Gasteiger charge is -2.41. The van der Waals surface area contributed by atoms with E-state index in [1.54, 1.807) is 6.92 Å². The molecule has 0 spiro atoms. The van der Waals surface area contributed by atoms with Gasteiger partial charge in [-0.15, -0.1) is 0 Å². The number of hydrogen-bond donors (Lipinski definition) is 0. The molecule has 0 aromatic carbocycles. The molecule has 0 aliphatic rings. The summed E-state index contributed by atoms with van der Waals surface area (Å²) < 4.78 is 76.6. The summed E-state index contributed by atoms with van der Waals surface area (Å²) in [5, 5.41) is 0. The minimum absolute atomic E-state index is 0.450. The zero-order valence-corrected chi connectivity index (χ0v) is 19.4. The van der Waals surface area contributed by atoms with Crippen LogP contribution in [0.15, 0.2) is 0 Å². The predicted octanol–water partition coefficient (Wildman–Crippen LogP) is 6.34. The SMILES string of the molecule is CCCCC(CCCC)(CCCC)C(OC(C)OC)POS(=O)(=O)C(F)(F)F. The van der Waals surface area contributed by atoms with E-state index in [2.05, 4.69) is 3.97 Å². The summed E-state index contributed by atoms with van der Waals surface area (Å²) in [7, 11) is -5.21. The first-order valence-electron chi connectivity index (χ1n) is 9.93. The van der Waals surface area contributed by atoms with Crippen LogP contribution >= 0.6 is 8.81 Å². The van der Waals surface area contributed by atoms with Crippen LogP contribution in [-0.2, 0) is 23.6 Å². The van der Waals surface area contributed by atoms with E-state index in [-0.39, 0.29) is 0 Å². The highest BCUT2D eigenvalue weighted by atomic mass is 32.2. The Balaban J connectivity index is 5.82. The molecule has 0 radical (unpaired) electrons. The molecule has 5 nitrogen and oxygen atoms in total. The van der Waals surface area contributed by atoms with Gasteiger partial charge in [-0.25, -0.2) is 3.97 Å². The van der Waals surface area contributed by atoms with E-state index in [9.17, 15) is 21.6 Å². The van der Waals surface area contributed by atoms with Gasteiger partial charge in [-0.3, -0.25) is 0 Å². The monoisotopic (exact) mass is 452 g/mol. The van der Waals surface area contributed by atoms with Crippen molar-refractivity contribution in [1.29, 1.82) is 0 Å². The average molecular weight is 453 g/mol. The van der Waals surface area contributed by atoms with Gasteiger partial charge in [-0.05, 0) is 26.2 Å². The van der Waals surface area contributed by atoms with Crippen LogP contribution in [0.1, 0.15) is 85.5 Å². The summed E-state index contributed by atoms with van der Waals surface area (Å²) in [6, 6.07) is 0. The van der Waals surface area contributed by atoms with Crippen molar-refractivity contribution in [3.8, 4) is 0 Å². The lowest BCUT2D eigenvalue weighted by atomic mass is 9.74. The van der Waals surface area contributed by atoms with E-state index in [0.717, 1.165) is 57.8 Å². The molecule has 0 bridgehead atoms.